The zero-order chi connectivity index (χ0) is 28.2. The maximum atomic E-state index is 12.6. The van der Waals surface area contributed by atoms with E-state index in [4.69, 9.17) is 9.47 Å². The number of benzene rings is 2. The SMILES string of the molecule is CCOc1cc(/C=C2\SC(N3CCN(C4=NC(=O)/C(=C\c5ccc(O)c(OCC)c5)S4)CC3)=NC2=O)ccc1O. The van der Waals surface area contributed by atoms with E-state index < -0.39 is 0 Å². The van der Waals surface area contributed by atoms with Crippen LogP contribution in [0.25, 0.3) is 12.2 Å². The summed E-state index contributed by atoms with van der Waals surface area (Å²) in [6.07, 6.45) is 3.49. The molecule has 40 heavy (non-hydrogen) atoms. The van der Waals surface area contributed by atoms with E-state index in [1.165, 1.54) is 23.5 Å². The Morgan fingerprint density at radius 3 is 1.52 bits per heavy atom. The number of hydrogen-bond donors (Lipinski definition) is 2. The van der Waals surface area contributed by atoms with Gasteiger partial charge in [-0.25, -0.2) is 0 Å². The van der Waals surface area contributed by atoms with Crippen molar-refractivity contribution in [3.8, 4) is 23.0 Å². The quantitative estimate of drug-likeness (QED) is 0.482. The second-order valence-corrected chi connectivity index (χ2v) is 10.9. The average molecular weight is 581 g/mol. The number of phenolic OH excluding ortho intramolecular Hbond substituents is 2. The van der Waals surface area contributed by atoms with E-state index >= 15 is 0 Å². The lowest BCUT2D eigenvalue weighted by Gasteiger charge is -2.35. The number of piperazine rings is 1. The van der Waals surface area contributed by atoms with Crippen molar-refractivity contribution in [1.29, 1.82) is 0 Å². The van der Waals surface area contributed by atoms with E-state index in [1.807, 2.05) is 13.8 Å². The molecule has 10 nitrogen and oxygen atoms in total. The normalized spacial score (nSPS) is 19.4. The van der Waals surface area contributed by atoms with Gasteiger partial charge in [-0.05, 0) is 84.9 Å². The van der Waals surface area contributed by atoms with Crippen LogP contribution in [0.5, 0.6) is 23.0 Å². The predicted molar refractivity (Wildman–Crippen MR) is 158 cm³/mol. The van der Waals surface area contributed by atoms with Gasteiger partial charge in [0.2, 0.25) is 0 Å². The van der Waals surface area contributed by atoms with Crippen LogP contribution < -0.4 is 9.47 Å². The van der Waals surface area contributed by atoms with E-state index in [0.717, 1.165) is 11.1 Å². The second kappa shape index (κ2) is 12.1. The summed E-state index contributed by atoms with van der Waals surface area (Å²) in [6, 6.07) is 9.92. The molecule has 0 saturated carbocycles. The number of carbonyl (C=O) groups is 2. The number of amidine groups is 2. The van der Waals surface area contributed by atoms with E-state index in [2.05, 4.69) is 19.8 Å². The first kappa shape index (κ1) is 27.7. The number of hydrogen-bond acceptors (Lipinski definition) is 10. The molecule has 0 unspecified atom stereocenters. The number of carbonyl (C=O) groups excluding carboxylic acids is 2. The molecule has 2 aromatic rings. The van der Waals surface area contributed by atoms with E-state index in [-0.39, 0.29) is 23.3 Å². The molecule has 1 saturated heterocycles. The summed E-state index contributed by atoms with van der Waals surface area (Å²) >= 11 is 2.65. The molecule has 0 spiro atoms. The first-order valence-electron chi connectivity index (χ1n) is 12.8. The van der Waals surface area contributed by atoms with Gasteiger partial charge < -0.3 is 29.5 Å². The first-order chi connectivity index (χ1) is 19.3. The van der Waals surface area contributed by atoms with Crippen molar-refractivity contribution < 1.29 is 29.3 Å². The Labute approximate surface area is 240 Å². The van der Waals surface area contributed by atoms with Gasteiger partial charge in [0, 0.05) is 26.2 Å². The summed E-state index contributed by atoms with van der Waals surface area (Å²) < 4.78 is 10.9. The van der Waals surface area contributed by atoms with Gasteiger partial charge in [-0.1, -0.05) is 12.1 Å². The first-order valence-corrected chi connectivity index (χ1v) is 14.4. The summed E-state index contributed by atoms with van der Waals surface area (Å²) in [5, 5.41) is 21.2. The Morgan fingerprint density at radius 2 is 1.15 bits per heavy atom. The highest BCUT2D eigenvalue weighted by Gasteiger charge is 2.32. The fourth-order valence-electron chi connectivity index (χ4n) is 4.24. The standard InChI is InChI=1S/C28H28N4O6S2/c1-3-37-21-13-17(5-7-19(21)33)15-23-25(35)29-27(39-23)31-9-11-32(12-10-31)28-30-26(36)24(40-28)16-18-6-8-20(34)22(14-18)38-4-2/h5-8,13-16,33-34H,3-4,9-12H2,1-2H3/b23-15-,24-16+. The van der Waals surface area contributed by atoms with E-state index in [1.54, 1.807) is 48.6 Å². The van der Waals surface area contributed by atoms with Gasteiger partial charge in [0.15, 0.2) is 33.3 Å². The highest BCUT2D eigenvalue weighted by atomic mass is 32.2. The Morgan fingerprint density at radius 1 is 0.750 bits per heavy atom. The molecule has 3 aliphatic heterocycles. The second-order valence-electron chi connectivity index (χ2n) is 8.91. The molecule has 1 fully saturated rings. The molecule has 2 amide bonds. The van der Waals surface area contributed by atoms with Crippen molar-refractivity contribution in [2.75, 3.05) is 39.4 Å². The summed E-state index contributed by atoms with van der Waals surface area (Å²) in [7, 11) is 0. The number of nitrogens with zero attached hydrogens (tertiary/aromatic N) is 4. The molecule has 0 bridgehead atoms. The lowest BCUT2D eigenvalue weighted by atomic mass is 10.2. The Hall–Kier alpha value is -3.90. The van der Waals surface area contributed by atoms with Gasteiger partial charge in [0.1, 0.15) is 0 Å². The van der Waals surface area contributed by atoms with Crippen molar-refractivity contribution in [1.82, 2.24) is 9.80 Å². The number of aromatic hydroxyl groups is 2. The number of phenols is 2. The third-order valence-corrected chi connectivity index (χ3v) is 8.29. The molecule has 3 aliphatic rings. The summed E-state index contributed by atoms with van der Waals surface area (Å²) in [5.41, 5.74) is 1.48. The average Bonchev–Trinajstić information content (AvgIpc) is 3.50. The maximum absolute atomic E-state index is 12.6. The number of rotatable bonds is 6. The number of ether oxygens (including phenoxy) is 2. The maximum Gasteiger partial charge on any atom is 0.286 e. The van der Waals surface area contributed by atoms with Gasteiger partial charge in [0.05, 0.1) is 23.0 Å². The number of thioether (sulfide) groups is 2. The van der Waals surface area contributed by atoms with Crippen LogP contribution in [0.4, 0.5) is 0 Å². The van der Waals surface area contributed by atoms with Crippen LogP contribution in [-0.2, 0) is 9.59 Å². The smallest absolute Gasteiger partial charge is 0.286 e. The molecule has 208 valence electrons. The summed E-state index contributed by atoms with van der Waals surface area (Å²) in [6.45, 7) is 7.03. The predicted octanol–water partition coefficient (Wildman–Crippen LogP) is 4.15. The molecule has 0 radical (unpaired) electrons. The minimum Gasteiger partial charge on any atom is -0.504 e. The van der Waals surface area contributed by atoms with Crippen LogP contribution in [0.15, 0.2) is 56.2 Å². The van der Waals surface area contributed by atoms with E-state index in [0.29, 0.717) is 71.0 Å². The molecule has 12 heteroatoms. The molecule has 5 rings (SSSR count). The molecule has 0 aromatic heterocycles. The zero-order valence-corrected chi connectivity index (χ0v) is 23.6. The van der Waals surface area contributed by atoms with Gasteiger partial charge in [0.25, 0.3) is 11.8 Å². The largest absolute Gasteiger partial charge is 0.504 e. The van der Waals surface area contributed by atoms with Crippen molar-refractivity contribution >= 4 is 57.8 Å². The van der Waals surface area contributed by atoms with Gasteiger partial charge in [-0.3, -0.25) is 9.59 Å². The van der Waals surface area contributed by atoms with Gasteiger partial charge >= 0.3 is 0 Å². The minimum absolute atomic E-state index is 0.0506. The molecule has 0 aliphatic carbocycles. The zero-order valence-electron chi connectivity index (χ0n) is 22.0. The van der Waals surface area contributed by atoms with Crippen molar-refractivity contribution in [2.45, 2.75) is 13.8 Å². The molecular weight excluding hydrogens is 552 g/mol. The highest BCUT2D eigenvalue weighted by molar-refractivity contribution is 8.18. The lowest BCUT2D eigenvalue weighted by Crippen LogP contribution is -2.49. The Kier molecular flexibility index (Phi) is 8.36. The summed E-state index contributed by atoms with van der Waals surface area (Å²) in [5.74, 6) is 0.237. The van der Waals surface area contributed by atoms with Crippen LogP contribution in [0, 0.1) is 0 Å². The molecule has 2 aromatic carbocycles. The van der Waals surface area contributed by atoms with Crippen LogP contribution in [0.2, 0.25) is 0 Å². The topological polar surface area (TPSA) is 124 Å². The lowest BCUT2D eigenvalue weighted by molar-refractivity contribution is -0.114. The van der Waals surface area contributed by atoms with Crippen LogP contribution in [0.1, 0.15) is 25.0 Å². The molecular formula is C28H28N4O6S2. The minimum atomic E-state index is -0.300. The summed E-state index contributed by atoms with van der Waals surface area (Å²) in [4.78, 5) is 38.8. The van der Waals surface area contributed by atoms with Crippen LogP contribution in [0.3, 0.4) is 0 Å². The Bertz CT molecular complexity index is 1350. The number of amides is 2. The monoisotopic (exact) mass is 580 g/mol. The third kappa shape index (κ3) is 6.13. The van der Waals surface area contributed by atoms with Crippen LogP contribution in [-0.4, -0.2) is 81.6 Å². The van der Waals surface area contributed by atoms with E-state index in [9.17, 15) is 19.8 Å². The fraction of sp³-hybridized carbons (Fsp3) is 0.286. The van der Waals surface area contributed by atoms with Crippen LogP contribution >= 0.6 is 23.5 Å². The van der Waals surface area contributed by atoms with Crippen molar-refractivity contribution in [3.05, 3.63) is 57.3 Å². The molecule has 0 atom stereocenters. The third-order valence-electron chi connectivity index (χ3n) is 6.20. The fourth-order valence-corrected chi connectivity index (χ4v) is 6.17. The van der Waals surface area contributed by atoms with Gasteiger partial charge in [-0.15, -0.1) is 0 Å². The number of aliphatic imine (C=N–C) groups is 2. The van der Waals surface area contributed by atoms with Crippen molar-refractivity contribution in [3.63, 3.8) is 0 Å². The molecule has 2 N–H and O–H groups in total. The Balaban J connectivity index is 1.19. The van der Waals surface area contributed by atoms with Crippen molar-refractivity contribution in [2.24, 2.45) is 9.98 Å². The van der Waals surface area contributed by atoms with Gasteiger partial charge in [-0.2, -0.15) is 9.98 Å². The molecule has 3 heterocycles. The highest BCUT2D eigenvalue weighted by Crippen LogP contribution is 2.35.